The van der Waals surface area contributed by atoms with E-state index < -0.39 is 0 Å². The Morgan fingerprint density at radius 2 is 2.24 bits per heavy atom. The molecule has 8 heteroatoms. The number of nitrogens with one attached hydrogen (secondary N) is 1. The number of thiazole rings is 1. The molecule has 0 radical (unpaired) electrons. The minimum atomic E-state index is -0.275. The van der Waals surface area contributed by atoms with Gasteiger partial charge in [-0.1, -0.05) is 35.2 Å². The zero-order chi connectivity index (χ0) is 14.8. The van der Waals surface area contributed by atoms with Crippen LogP contribution in [0.1, 0.15) is 0 Å². The summed E-state index contributed by atoms with van der Waals surface area (Å²) < 4.78 is 3.04. The molecule has 0 aliphatic carbocycles. The van der Waals surface area contributed by atoms with Crippen LogP contribution in [0, 0.1) is 0 Å². The maximum atomic E-state index is 11.8. The van der Waals surface area contributed by atoms with E-state index in [-0.39, 0.29) is 17.7 Å². The van der Waals surface area contributed by atoms with Crippen LogP contribution in [0.2, 0.25) is 0 Å². The molecule has 2 amide bonds. The monoisotopic (exact) mass is 322 g/mol. The van der Waals surface area contributed by atoms with Crippen molar-refractivity contribution in [3.05, 3.63) is 29.1 Å². The molecule has 0 saturated carbocycles. The predicted octanol–water partition coefficient (Wildman–Crippen LogP) is 1.34. The van der Waals surface area contributed by atoms with Crippen LogP contribution in [0.4, 0.5) is 4.79 Å². The number of carbonyl (C=O) groups excluding carboxylic acids is 2. The van der Waals surface area contributed by atoms with E-state index in [0.717, 1.165) is 16.0 Å². The predicted molar refractivity (Wildman–Crippen MR) is 83.9 cm³/mol. The fourth-order valence-electron chi connectivity index (χ4n) is 2.08. The molecule has 0 bridgehead atoms. The molecule has 0 spiro atoms. The number of carbonyl (C=O) groups is 2. The summed E-state index contributed by atoms with van der Waals surface area (Å²) in [5.74, 6) is 0.470. The quantitative estimate of drug-likeness (QED) is 0.867. The average molecular weight is 322 g/mol. The lowest BCUT2D eigenvalue weighted by atomic mass is 10.3. The number of amides is 2. The number of fused-ring (bicyclic) bond motifs is 1. The van der Waals surface area contributed by atoms with Crippen molar-refractivity contribution < 1.29 is 9.59 Å². The van der Waals surface area contributed by atoms with E-state index in [1.54, 1.807) is 0 Å². The molecule has 1 fully saturated rings. The van der Waals surface area contributed by atoms with Crippen LogP contribution in [0.25, 0.3) is 10.2 Å². The number of benzene rings is 1. The Morgan fingerprint density at radius 1 is 1.43 bits per heavy atom. The third kappa shape index (κ3) is 2.96. The van der Waals surface area contributed by atoms with E-state index in [1.165, 1.54) is 28.0 Å². The Morgan fingerprint density at radius 3 is 2.95 bits per heavy atom. The van der Waals surface area contributed by atoms with Crippen molar-refractivity contribution in [2.24, 2.45) is 12.1 Å². The van der Waals surface area contributed by atoms with E-state index in [1.807, 2.05) is 35.9 Å². The van der Waals surface area contributed by atoms with Crippen molar-refractivity contribution in [2.75, 3.05) is 18.8 Å². The summed E-state index contributed by atoms with van der Waals surface area (Å²) in [4.78, 5) is 25.5. The summed E-state index contributed by atoms with van der Waals surface area (Å²) in [6, 6.07) is 7.96. The van der Waals surface area contributed by atoms with Gasteiger partial charge in [-0.25, -0.2) is 5.43 Å². The molecule has 2 heterocycles. The average Bonchev–Trinajstić information content (AvgIpc) is 3.02. The van der Waals surface area contributed by atoms with Crippen LogP contribution in [-0.2, 0) is 11.8 Å². The number of aromatic nitrogens is 1. The molecule has 3 rings (SSSR count). The Hall–Kier alpha value is -1.80. The highest BCUT2D eigenvalue weighted by Crippen LogP contribution is 2.16. The first-order valence-corrected chi connectivity index (χ1v) is 8.24. The summed E-state index contributed by atoms with van der Waals surface area (Å²) in [5, 5.41) is 4.10. The first-order valence-electron chi connectivity index (χ1n) is 6.44. The van der Waals surface area contributed by atoms with Crippen LogP contribution in [0.3, 0.4) is 0 Å². The summed E-state index contributed by atoms with van der Waals surface area (Å²) in [7, 11) is 1.91. The van der Waals surface area contributed by atoms with Crippen molar-refractivity contribution in [1.29, 1.82) is 0 Å². The molecule has 21 heavy (non-hydrogen) atoms. The molecule has 1 aliphatic heterocycles. The lowest BCUT2D eigenvalue weighted by Crippen LogP contribution is -2.36. The Labute approximate surface area is 129 Å². The van der Waals surface area contributed by atoms with E-state index in [0.29, 0.717) is 11.3 Å². The number of nitrogens with zero attached hydrogens (tertiary/aromatic N) is 3. The number of aryl methyl sites for hydroxylation is 1. The van der Waals surface area contributed by atoms with Crippen LogP contribution in [0.5, 0.6) is 0 Å². The number of hydrogen-bond acceptors (Lipinski definition) is 5. The van der Waals surface area contributed by atoms with Gasteiger partial charge in [0.1, 0.15) is 6.54 Å². The molecular weight excluding hydrogens is 308 g/mol. The summed E-state index contributed by atoms with van der Waals surface area (Å²) >= 11 is 2.75. The van der Waals surface area contributed by atoms with Crippen molar-refractivity contribution in [1.82, 2.24) is 14.9 Å². The molecule has 2 aromatic rings. The van der Waals surface area contributed by atoms with Gasteiger partial charge in [-0.15, -0.1) is 5.10 Å². The second kappa shape index (κ2) is 5.90. The van der Waals surface area contributed by atoms with Gasteiger partial charge in [-0.3, -0.25) is 9.59 Å². The van der Waals surface area contributed by atoms with Gasteiger partial charge in [0.25, 0.3) is 11.1 Å². The van der Waals surface area contributed by atoms with Crippen molar-refractivity contribution in [3.8, 4) is 0 Å². The first-order chi connectivity index (χ1) is 10.1. The van der Waals surface area contributed by atoms with E-state index >= 15 is 0 Å². The SMILES string of the molecule is Cn1c(=NNC(=O)CN2CCSC2=O)sc2ccccc21. The van der Waals surface area contributed by atoms with Crippen LogP contribution in [0.15, 0.2) is 29.4 Å². The van der Waals surface area contributed by atoms with E-state index in [2.05, 4.69) is 10.5 Å². The smallest absolute Gasteiger partial charge is 0.282 e. The first kappa shape index (κ1) is 14.2. The number of hydrogen-bond donors (Lipinski definition) is 1. The third-order valence-corrected chi connectivity index (χ3v) is 5.18. The zero-order valence-electron chi connectivity index (χ0n) is 11.4. The summed E-state index contributed by atoms with van der Waals surface area (Å²) in [5.41, 5.74) is 3.59. The summed E-state index contributed by atoms with van der Waals surface area (Å²) in [6.45, 7) is 0.678. The summed E-state index contributed by atoms with van der Waals surface area (Å²) in [6.07, 6.45) is 0. The highest BCUT2D eigenvalue weighted by atomic mass is 32.2. The van der Waals surface area contributed by atoms with Gasteiger partial charge < -0.3 is 9.47 Å². The molecule has 1 saturated heterocycles. The van der Waals surface area contributed by atoms with Gasteiger partial charge in [0, 0.05) is 19.3 Å². The third-order valence-electron chi connectivity index (χ3n) is 3.17. The van der Waals surface area contributed by atoms with Gasteiger partial charge >= 0.3 is 0 Å². The van der Waals surface area contributed by atoms with Gasteiger partial charge in [0.05, 0.1) is 10.2 Å². The molecule has 1 aromatic heterocycles. The van der Waals surface area contributed by atoms with Crippen LogP contribution in [-0.4, -0.2) is 39.5 Å². The maximum absolute atomic E-state index is 11.8. The largest absolute Gasteiger partial charge is 0.323 e. The van der Waals surface area contributed by atoms with Gasteiger partial charge in [0.15, 0.2) is 0 Å². The minimum Gasteiger partial charge on any atom is -0.323 e. The van der Waals surface area contributed by atoms with Crippen molar-refractivity contribution >= 4 is 44.5 Å². The fourth-order valence-corrected chi connectivity index (χ4v) is 3.88. The molecule has 1 N–H and O–H groups in total. The number of thioether (sulfide) groups is 1. The lowest BCUT2D eigenvalue weighted by Gasteiger charge is -2.11. The standard InChI is InChI=1S/C13H14N4O2S2/c1-16-9-4-2-3-5-10(9)21-12(16)15-14-11(18)8-17-6-7-20-13(17)19/h2-5H,6-8H2,1H3,(H,14,18). The maximum Gasteiger partial charge on any atom is 0.282 e. The molecule has 0 atom stereocenters. The molecule has 110 valence electrons. The number of para-hydroxylation sites is 1. The van der Waals surface area contributed by atoms with Gasteiger partial charge in [-0.05, 0) is 12.1 Å². The Bertz CT molecular complexity index is 765. The second-order valence-electron chi connectivity index (χ2n) is 4.59. The highest BCUT2D eigenvalue weighted by Gasteiger charge is 2.22. The topological polar surface area (TPSA) is 66.7 Å². The van der Waals surface area contributed by atoms with Crippen LogP contribution < -0.4 is 10.2 Å². The molecular formula is C13H14N4O2S2. The van der Waals surface area contributed by atoms with Crippen LogP contribution >= 0.6 is 23.1 Å². The normalized spacial score (nSPS) is 16.0. The number of rotatable bonds is 3. The lowest BCUT2D eigenvalue weighted by molar-refractivity contribution is -0.121. The molecule has 0 unspecified atom stereocenters. The highest BCUT2D eigenvalue weighted by molar-refractivity contribution is 8.13. The van der Waals surface area contributed by atoms with Crippen molar-refractivity contribution in [3.63, 3.8) is 0 Å². The van der Waals surface area contributed by atoms with Gasteiger partial charge in [0.2, 0.25) is 4.80 Å². The molecule has 6 nitrogen and oxygen atoms in total. The molecule has 1 aliphatic rings. The molecule has 1 aromatic carbocycles. The van der Waals surface area contributed by atoms with Gasteiger partial charge in [-0.2, -0.15) is 0 Å². The second-order valence-corrected chi connectivity index (χ2v) is 6.65. The zero-order valence-corrected chi connectivity index (χ0v) is 13.0. The van der Waals surface area contributed by atoms with E-state index in [9.17, 15) is 9.59 Å². The fraction of sp³-hybridized carbons (Fsp3) is 0.308. The Balaban J connectivity index is 1.73. The van der Waals surface area contributed by atoms with E-state index in [4.69, 9.17) is 0 Å². The minimum absolute atomic E-state index is 0.0439. The van der Waals surface area contributed by atoms with Crippen molar-refractivity contribution in [2.45, 2.75) is 0 Å². The Kier molecular flexibility index (Phi) is 3.98.